The second kappa shape index (κ2) is 6.71. The summed E-state index contributed by atoms with van der Waals surface area (Å²) >= 11 is 0. The molecule has 4 heterocycles. The van der Waals surface area contributed by atoms with Gasteiger partial charge in [-0.05, 0) is 37.2 Å². The van der Waals surface area contributed by atoms with Gasteiger partial charge in [-0.1, -0.05) is 6.07 Å². The number of carbonyl (C=O) groups is 1. The SMILES string of the molecule is O=C(N1CC2(CC(Cc3ccc(OC(F)(F)F)nc3)C2)C1)N1CC2(CCS(=O)(=O)N2)C1. The number of nitrogens with one attached hydrogen (secondary N) is 1. The van der Waals surface area contributed by atoms with Crippen LogP contribution in [-0.2, 0) is 16.4 Å². The van der Waals surface area contributed by atoms with E-state index >= 15 is 0 Å². The fourth-order valence-corrected chi connectivity index (χ4v) is 7.17. The van der Waals surface area contributed by atoms with Crippen molar-refractivity contribution in [2.75, 3.05) is 31.9 Å². The van der Waals surface area contributed by atoms with Crippen molar-refractivity contribution >= 4 is 16.1 Å². The van der Waals surface area contributed by atoms with Gasteiger partial charge in [-0.25, -0.2) is 22.9 Å². The van der Waals surface area contributed by atoms with Crippen LogP contribution in [0.2, 0.25) is 0 Å². The number of amides is 2. The van der Waals surface area contributed by atoms with Gasteiger partial charge in [0, 0.05) is 43.9 Å². The summed E-state index contributed by atoms with van der Waals surface area (Å²) in [6, 6.07) is 2.80. The van der Waals surface area contributed by atoms with Crippen LogP contribution in [0.1, 0.15) is 24.8 Å². The molecule has 170 valence electrons. The lowest BCUT2D eigenvalue weighted by Crippen LogP contribution is -2.73. The summed E-state index contributed by atoms with van der Waals surface area (Å²) in [4.78, 5) is 19.8. The van der Waals surface area contributed by atoms with Crippen LogP contribution in [-0.4, -0.2) is 73.1 Å². The summed E-state index contributed by atoms with van der Waals surface area (Å²) in [5, 5.41) is 0. The minimum Gasteiger partial charge on any atom is -0.388 e. The summed E-state index contributed by atoms with van der Waals surface area (Å²) < 4.78 is 66.3. The van der Waals surface area contributed by atoms with Crippen molar-refractivity contribution < 1.29 is 31.1 Å². The maximum Gasteiger partial charge on any atom is 0.574 e. The van der Waals surface area contributed by atoms with Crippen molar-refractivity contribution in [2.24, 2.45) is 11.3 Å². The highest BCUT2D eigenvalue weighted by molar-refractivity contribution is 7.89. The second-order valence-corrected chi connectivity index (χ2v) is 11.3. The molecule has 2 spiro atoms. The number of hydrogen-bond donors (Lipinski definition) is 1. The van der Waals surface area contributed by atoms with E-state index in [2.05, 4.69) is 14.4 Å². The topological polar surface area (TPSA) is 91.8 Å². The Kier molecular flexibility index (Phi) is 4.50. The number of halogens is 3. The molecule has 5 rings (SSSR count). The monoisotopic (exact) mass is 460 g/mol. The smallest absolute Gasteiger partial charge is 0.388 e. The lowest BCUT2D eigenvalue weighted by atomic mass is 9.56. The van der Waals surface area contributed by atoms with E-state index in [1.54, 1.807) is 11.0 Å². The molecule has 31 heavy (non-hydrogen) atoms. The standard InChI is InChI=1S/C19H23F3N4O4S/c20-19(21,22)30-15-2-1-13(8-23-15)5-14-6-17(7-14)9-25(10-17)16(27)26-11-18(12-26)3-4-31(28,29)24-18/h1-2,8,14,24H,3-7,9-12H2. The van der Waals surface area contributed by atoms with Crippen molar-refractivity contribution in [1.29, 1.82) is 0 Å². The van der Waals surface area contributed by atoms with Crippen LogP contribution in [0.5, 0.6) is 5.88 Å². The number of nitrogens with zero attached hydrogens (tertiary/aromatic N) is 3. The van der Waals surface area contributed by atoms with E-state index in [0.29, 0.717) is 38.5 Å². The van der Waals surface area contributed by atoms with Gasteiger partial charge in [0.2, 0.25) is 15.9 Å². The predicted octanol–water partition coefficient (Wildman–Crippen LogP) is 1.73. The molecule has 1 aromatic heterocycles. The highest BCUT2D eigenvalue weighted by Gasteiger charge is 2.57. The molecule has 4 fully saturated rings. The normalized spacial score (nSPS) is 25.8. The van der Waals surface area contributed by atoms with E-state index in [1.807, 2.05) is 4.90 Å². The van der Waals surface area contributed by atoms with Gasteiger partial charge in [0.05, 0.1) is 11.3 Å². The van der Waals surface area contributed by atoms with Crippen molar-refractivity contribution in [1.82, 2.24) is 19.5 Å². The van der Waals surface area contributed by atoms with Gasteiger partial charge >= 0.3 is 12.4 Å². The summed E-state index contributed by atoms with van der Waals surface area (Å²) in [6.07, 6.45) is -0.0979. The molecule has 1 saturated carbocycles. The highest BCUT2D eigenvalue weighted by atomic mass is 32.2. The quantitative estimate of drug-likeness (QED) is 0.742. The van der Waals surface area contributed by atoms with Gasteiger partial charge in [-0.2, -0.15) is 0 Å². The van der Waals surface area contributed by atoms with Gasteiger partial charge in [0.25, 0.3) is 0 Å². The maximum absolute atomic E-state index is 12.6. The Hall–Kier alpha value is -2.08. The predicted molar refractivity (Wildman–Crippen MR) is 103 cm³/mol. The first-order chi connectivity index (χ1) is 14.4. The van der Waals surface area contributed by atoms with E-state index in [1.165, 1.54) is 12.3 Å². The van der Waals surface area contributed by atoms with Crippen LogP contribution >= 0.6 is 0 Å². The van der Waals surface area contributed by atoms with Gasteiger partial charge in [0.1, 0.15) is 0 Å². The number of ether oxygens (including phenoxy) is 1. The number of pyridine rings is 1. The van der Waals surface area contributed by atoms with Crippen molar-refractivity contribution in [3.05, 3.63) is 23.9 Å². The van der Waals surface area contributed by atoms with E-state index in [4.69, 9.17) is 0 Å². The molecule has 0 bridgehead atoms. The zero-order chi connectivity index (χ0) is 22.1. The summed E-state index contributed by atoms with van der Waals surface area (Å²) in [5.74, 6) is 0.0814. The van der Waals surface area contributed by atoms with Gasteiger partial charge in [0.15, 0.2) is 0 Å². The van der Waals surface area contributed by atoms with E-state index < -0.39 is 27.8 Å². The third kappa shape index (κ3) is 4.07. The lowest BCUT2D eigenvalue weighted by molar-refractivity contribution is -0.276. The average Bonchev–Trinajstić information content (AvgIpc) is 2.90. The van der Waals surface area contributed by atoms with E-state index in [0.717, 1.165) is 24.8 Å². The number of urea groups is 1. The maximum atomic E-state index is 12.6. The summed E-state index contributed by atoms with van der Waals surface area (Å²) in [5.41, 5.74) is 0.546. The molecule has 1 aliphatic carbocycles. The minimum atomic E-state index is -4.75. The van der Waals surface area contributed by atoms with Crippen molar-refractivity contribution in [3.8, 4) is 5.88 Å². The third-order valence-corrected chi connectivity index (χ3v) is 8.27. The Morgan fingerprint density at radius 2 is 1.87 bits per heavy atom. The molecule has 8 nitrogen and oxygen atoms in total. The fourth-order valence-electron chi connectivity index (χ4n) is 5.51. The van der Waals surface area contributed by atoms with Gasteiger partial charge in [-0.3, -0.25) is 0 Å². The Balaban J connectivity index is 1.05. The van der Waals surface area contributed by atoms with Gasteiger partial charge in [-0.15, -0.1) is 13.2 Å². The zero-order valence-electron chi connectivity index (χ0n) is 16.7. The van der Waals surface area contributed by atoms with Crippen LogP contribution in [0.3, 0.4) is 0 Å². The Morgan fingerprint density at radius 3 is 2.42 bits per heavy atom. The number of aromatic nitrogens is 1. The lowest BCUT2D eigenvalue weighted by Gasteiger charge is -2.61. The van der Waals surface area contributed by atoms with Crippen LogP contribution in [0.25, 0.3) is 0 Å². The Morgan fingerprint density at radius 1 is 1.19 bits per heavy atom. The number of likely N-dealkylation sites (tertiary alicyclic amines) is 2. The highest BCUT2D eigenvalue weighted by Crippen LogP contribution is 2.53. The molecule has 3 saturated heterocycles. The number of hydrogen-bond acceptors (Lipinski definition) is 5. The molecule has 1 aromatic rings. The van der Waals surface area contributed by atoms with Crippen LogP contribution in [0.4, 0.5) is 18.0 Å². The molecule has 4 aliphatic rings. The zero-order valence-corrected chi connectivity index (χ0v) is 17.5. The van der Waals surface area contributed by atoms with Crippen LogP contribution < -0.4 is 9.46 Å². The molecule has 1 N–H and O–H groups in total. The first-order valence-corrected chi connectivity index (χ1v) is 11.9. The first-order valence-electron chi connectivity index (χ1n) is 10.2. The first kappa shape index (κ1) is 20.8. The molecule has 3 aliphatic heterocycles. The van der Waals surface area contributed by atoms with Crippen molar-refractivity contribution in [2.45, 2.75) is 37.6 Å². The van der Waals surface area contributed by atoms with Crippen molar-refractivity contribution in [3.63, 3.8) is 0 Å². The summed E-state index contributed by atoms with van der Waals surface area (Å²) in [7, 11) is -3.19. The minimum absolute atomic E-state index is 0.0322. The molecule has 0 unspecified atom stereocenters. The molecule has 0 aromatic carbocycles. The molecule has 2 amide bonds. The van der Waals surface area contributed by atoms with E-state index in [-0.39, 0.29) is 17.2 Å². The van der Waals surface area contributed by atoms with Crippen LogP contribution in [0.15, 0.2) is 18.3 Å². The summed E-state index contributed by atoms with van der Waals surface area (Å²) in [6.45, 7) is 2.26. The Labute approximate surface area is 177 Å². The number of alkyl halides is 3. The molecule has 0 radical (unpaired) electrons. The average molecular weight is 460 g/mol. The molecule has 0 atom stereocenters. The molecular formula is C19H23F3N4O4S. The van der Waals surface area contributed by atoms with Gasteiger partial charge < -0.3 is 14.5 Å². The largest absolute Gasteiger partial charge is 0.574 e. The number of rotatable bonds is 3. The Bertz CT molecular complexity index is 978. The number of sulfonamides is 1. The second-order valence-electron chi connectivity index (χ2n) is 9.48. The molecule has 12 heteroatoms. The van der Waals surface area contributed by atoms with Crippen LogP contribution in [0, 0.1) is 11.3 Å². The number of carbonyl (C=O) groups excluding carboxylic acids is 1. The fraction of sp³-hybridized carbons (Fsp3) is 0.684. The molecular weight excluding hydrogens is 437 g/mol. The van der Waals surface area contributed by atoms with E-state index in [9.17, 15) is 26.4 Å². The third-order valence-electron chi connectivity index (χ3n) is 6.79.